The van der Waals surface area contributed by atoms with Gasteiger partial charge in [-0.1, -0.05) is 6.07 Å². The van der Waals surface area contributed by atoms with E-state index in [9.17, 15) is 18.0 Å². The van der Waals surface area contributed by atoms with Gasteiger partial charge < -0.3 is 15.8 Å². The number of anilines is 2. The van der Waals surface area contributed by atoms with Crippen LogP contribution in [0.3, 0.4) is 0 Å². The van der Waals surface area contributed by atoms with Crippen LogP contribution in [0, 0.1) is 0 Å². The van der Waals surface area contributed by atoms with Crippen LogP contribution in [0.25, 0.3) is 0 Å². The molecule has 0 radical (unpaired) electrons. The maximum absolute atomic E-state index is 12.1. The van der Waals surface area contributed by atoms with E-state index in [1.54, 1.807) is 0 Å². The molecule has 2 aromatic rings. The Morgan fingerprint density at radius 3 is 2.57 bits per heavy atom. The van der Waals surface area contributed by atoms with Gasteiger partial charge in [0.25, 0.3) is 5.91 Å². The maximum atomic E-state index is 12.1. The van der Waals surface area contributed by atoms with Crippen molar-refractivity contribution in [2.45, 2.75) is 6.36 Å². The largest absolute Gasteiger partial charge is 0.573 e. The van der Waals surface area contributed by atoms with E-state index < -0.39 is 18.0 Å². The van der Waals surface area contributed by atoms with Gasteiger partial charge in [-0.2, -0.15) is 0 Å². The summed E-state index contributed by atoms with van der Waals surface area (Å²) in [5.74, 6) is -0.928. The standard InChI is InChI=1S/C12H9F3N4O2/c13-12(14,15)21-8-3-1-2-7(6-8)17-11(20)9-4-5-10(16)19-18-9/h1-6H,(H2,16,19)(H,17,20). The summed E-state index contributed by atoms with van der Waals surface area (Å²) >= 11 is 0. The number of alkyl halides is 3. The summed E-state index contributed by atoms with van der Waals surface area (Å²) in [5.41, 5.74) is 5.43. The van der Waals surface area contributed by atoms with Crippen LogP contribution in [0.15, 0.2) is 36.4 Å². The first-order chi connectivity index (χ1) is 9.83. The Morgan fingerprint density at radius 2 is 1.95 bits per heavy atom. The highest BCUT2D eigenvalue weighted by Gasteiger charge is 2.31. The minimum Gasteiger partial charge on any atom is -0.406 e. The van der Waals surface area contributed by atoms with Crippen LogP contribution in [0.2, 0.25) is 0 Å². The molecular formula is C12H9F3N4O2. The third-order valence-corrected chi connectivity index (χ3v) is 2.24. The summed E-state index contributed by atoms with van der Waals surface area (Å²) in [4.78, 5) is 11.8. The molecule has 0 saturated carbocycles. The number of aromatic nitrogens is 2. The normalized spacial score (nSPS) is 11.0. The molecule has 6 nitrogen and oxygen atoms in total. The first-order valence-corrected chi connectivity index (χ1v) is 5.60. The van der Waals surface area contributed by atoms with Gasteiger partial charge in [-0.15, -0.1) is 23.4 Å². The quantitative estimate of drug-likeness (QED) is 0.906. The van der Waals surface area contributed by atoms with Gasteiger partial charge in [-0.3, -0.25) is 4.79 Å². The fraction of sp³-hybridized carbons (Fsp3) is 0.0833. The number of benzene rings is 1. The fourth-order valence-electron chi connectivity index (χ4n) is 1.43. The van der Waals surface area contributed by atoms with Crippen LogP contribution in [0.5, 0.6) is 5.75 Å². The number of hydrogen-bond acceptors (Lipinski definition) is 5. The van der Waals surface area contributed by atoms with Gasteiger partial charge >= 0.3 is 6.36 Å². The molecule has 0 aliphatic heterocycles. The Kier molecular flexibility index (Phi) is 3.92. The number of amides is 1. The van der Waals surface area contributed by atoms with E-state index in [2.05, 4.69) is 20.3 Å². The zero-order valence-corrected chi connectivity index (χ0v) is 10.4. The second-order valence-electron chi connectivity index (χ2n) is 3.87. The van der Waals surface area contributed by atoms with E-state index in [-0.39, 0.29) is 17.2 Å². The van der Waals surface area contributed by atoms with Crippen LogP contribution in [0.4, 0.5) is 24.7 Å². The summed E-state index contributed by atoms with van der Waals surface area (Å²) in [6, 6.07) is 7.60. The molecule has 0 unspecified atom stereocenters. The minimum absolute atomic E-state index is 0.0219. The number of nitrogen functional groups attached to an aromatic ring is 1. The third-order valence-electron chi connectivity index (χ3n) is 2.24. The molecule has 1 amide bonds. The lowest BCUT2D eigenvalue weighted by molar-refractivity contribution is -0.274. The molecule has 1 heterocycles. The lowest BCUT2D eigenvalue weighted by atomic mass is 10.3. The molecule has 0 fully saturated rings. The van der Waals surface area contributed by atoms with E-state index in [1.165, 1.54) is 24.3 Å². The first kappa shape index (κ1) is 14.6. The Morgan fingerprint density at radius 1 is 1.19 bits per heavy atom. The van der Waals surface area contributed by atoms with E-state index in [0.717, 1.165) is 12.1 Å². The van der Waals surface area contributed by atoms with Gasteiger partial charge in [0.2, 0.25) is 0 Å². The number of ether oxygens (including phenoxy) is 1. The van der Waals surface area contributed by atoms with Gasteiger partial charge in [-0.25, -0.2) is 0 Å². The molecule has 0 aliphatic rings. The summed E-state index contributed by atoms with van der Waals surface area (Å²) in [7, 11) is 0. The van der Waals surface area contributed by atoms with Crippen molar-refractivity contribution in [3.63, 3.8) is 0 Å². The number of rotatable bonds is 3. The Balaban J connectivity index is 2.10. The molecule has 0 bridgehead atoms. The summed E-state index contributed by atoms with van der Waals surface area (Å²) in [6.45, 7) is 0. The summed E-state index contributed by atoms with van der Waals surface area (Å²) < 4.78 is 40.0. The van der Waals surface area contributed by atoms with Gasteiger partial charge in [-0.05, 0) is 24.3 Å². The molecule has 21 heavy (non-hydrogen) atoms. The van der Waals surface area contributed by atoms with E-state index in [1.807, 2.05) is 0 Å². The maximum Gasteiger partial charge on any atom is 0.573 e. The Labute approximate surface area is 116 Å². The van der Waals surface area contributed by atoms with Gasteiger partial charge in [0, 0.05) is 11.8 Å². The highest BCUT2D eigenvalue weighted by atomic mass is 19.4. The molecular weight excluding hydrogens is 289 g/mol. The SMILES string of the molecule is Nc1ccc(C(=O)Nc2cccc(OC(F)(F)F)c2)nn1. The summed E-state index contributed by atoms with van der Waals surface area (Å²) in [5, 5.41) is 9.43. The van der Waals surface area contributed by atoms with E-state index in [0.29, 0.717) is 0 Å². The first-order valence-electron chi connectivity index (χ1n) is 5.60. The lowest BCUT2D eigenvalue weighted by Crippen LogP contribution is -2.18. The molecule has 110 valence electrons. The Bertz CT molecular complexity index is 644. The molecule has 3 N–H and O–H groups in total. The molecule has 2 rings (SSSR count). The number of nitrogens with one attached hydrogen (secondary N) is 1. The average molecular weight is 298 g/mol. The zero-order valence-electron chi connectivity index (χ0n) is 10.4. The highest BCUT2D eigenvalue weighted by molar-refractivity contribution is 6.02. The smallest absolute Gasteiger partial charge is 0.406 e. The predicted octanol–water partition coefficient (Wildman–Crippen LogP) is 2.21. The molecule has 0 atom stereocenters. The average Bonchev–Trinajstić information content (AvgIpc) is 2.37. The van der Waals surface area contributed by atoms with Gasteiger partial charge in [0.05, 0.1) is 0 Å². The van der Waals surface area contributed by atoms with Crippen LogP contribution >= 0.6 is 0 Å². The number of carbonyl (C=O) groups excluding carboxylic acids is 1. The van der Waals surface area contributed by atoms with Crippen LogP contribution < -0.4 is 15.8 Å². The van der Waals surface area contributed by atoms with Crippen molar-refractivity contribution >= 4 is 17.4 Å². The molecule has 9 heteroatoms. The molecule has 1 aromatic heterocycles. The number of halogens is 3. The predicted molar refractivity (Wildman–Crippen MR) is 67.5 cm³/mol. The van der Waals surface area contributed by atoms with Crippen molar-refractivity contribution in [3.8, 4) is 5.75 Å². The number of carbonyl (C=O) groups is 1. The van der Waals surface area contributed by atoms with Crippen LogP contribution in [0.1, 0.15) is 10.5 Å². The monoisotopic (exact) mass is 298 g/mol. The molecule has 0 aliphatic carbocycles. The van der Waals surface area contributed by atoms with Crippen molar-refractivity contribution < 1.29 is 22.7 Å². The second-order valence-corrected chi connectivity index (χ2v) is 3.87. The van der Waals surface area contributed by atoms with Crippen LogP contribution in [-0.4, -0.2) is 22.5 Å². The Hall–Kier alpha value is -2.84. The third kappa shape index (κ3) is 4.34. The lowest BCUT2D eigenvalue weighted by Gasteiger charge is -2.10. The highest BCUT2D eigenvalue weighted by Crippen LogP contribution is 2.25. The van der Waals surface area contributed by atoms with E-state index >= 15 is 0 Å². The van der Waals surface area contributed by atoms with Crippen molar-refractivity contribution in [1.29, 1.82) is 0 Å². The number of nitrogens with zero attached hydrogens (tertiary/aromatic N) is 2. The van der Waals surface area contributed by atoms with Crippen molar-refractivity contribution in [2.75, 3.05) is 11.1 Å². The van der Waals surface area contributed by atoms with E-state index in [4.69, 9.17) is 5.73 Å². The summed E-state index contributed by atoms with van der Waals surface area (Å²) in [6.07, 6.45) is -4.80. The van der Waals surface area contributed by atoms with Crippen molar-refractivity contribution in [1.82, 2.24) is 10.2 Å². The molecule has 1 aromatic carbocycles. The zero-order chi connectivity index (χ0) is 15.5. The second kappa shape index (κ2) is 5.65. The van der Waals surface area contributed by atoms with Crippen molar-refractivity contribution in [3.05, 3.63) is 42.1 Å². The minimum atomic E-state index is -4.80. The van der Waals surface area contributed by atoms with Crippen molar-refractivity contribution in [2.24, 2.45) is 0 Å². The number of hydrogen-bond donors (Lipinski definition) is 2. The number of nitrogens with two attached hydrogens (primary N) is 1. The topological polar surface area (TPSA) is 90.1 Å². The van der Waals surface area contributed by atoms with Gasteiger partial charge in [0.1, 0.15) is 11.6 Å². The van der Waals surface area contributed by atoms with Crippen LogP contribution in [-0.2, 0) is 0 Å². The molecule has 0 spiro atoms. The van der Waals surface area contributed by atoms with Gasteiger partial charge in [0.15, 0.2) is 5.69 Å². The molecule has 0 saturated heterocycles. The fourth-order valence-corrected chi connectivity index (χ4v) is 1.43.